The number of imidazole rings is 1. The summed E-state index contributed by atoms with van der Waals surface area (Å²) in [5.74, 6) is 2.29. The number of rotatable bonds is 5. The molecule has 5 nitrogen and oxygen atoms in total. The Morgan fingerprint density at radius 2 is 2.05 bits per heavy atom. The predicted octanol–water partition coefficient (Wildman–Crippen LogP) is 2.41. The van der Waals surface area contributed by atoms with Crippen molar-refractivity contribution in [2.45, 2.75) is 34.2 Å². The van der Waals surface area contributed by atoms with Gasteiger partial charge in [-0.2, -0.15) is 0 Å². The fourth-order valence-electron chi connectivity index (χ4n) is 1.87. The first-order chi connectivity index (χ1) is 9.04. The van der Waals surface area contributed by atoms with Gasteiger partial charge in [0.05, 0.1) is 17.9 Å². The number of nitrogens with zero attached hydrogens (tertiary/aromatic N) is 4. The molecule has 2 aromatic rings. The molecule has 0 aliphatic rings. The van der Waals surface area contributed by atoms with Crippen LogP contribution in [-0.4, -0.2) is 26.1 Å². The van der Waals surface area contributed by atoms with Crippen LogP contribution in [0.1, 0.15) is 31.1 Å². The molecule has 0 aliphatic heterocycles. The number of anilines is 1. The van der Waals surface area contributed by atoms with Gasteiger partial charge >= 0.3 is 0 Å². The zero-order valence-electron chi connectivity index (χ0n) is 12.0. The lowest BCUT2D eigenvalue weighted by atomic mass is 10.2. The topological polar surface area (TPSA) is 55.6 Å². The molecule has 1 N–H and O–H groups in total. The third-order valence-electron chi connectivity index (χ3n) is 2.73. The number of aryl methyl sites for hydroxylation is 2. The van der Waals surface area contributed by atoms with Gasteiger partial charge in [-0.1, -0.05) is 13.8 Å². The summed E-state index contributed by atoms with van der Waals surface area (Å²) in [6.07, 6.45) is 3.84. The van der Waals surface area contributed by atoms with E-state index in [0.29, 0.717) is 12.5 Å². The largest absolute Gasteiger partial charge is 0.355 e. The third kappa shape index (κ3) is 3.77. The number of hydrogen-bond acceptors (Lipinski definition) is 4. The summed E-state index contributed by atoms with van der Waals surface area (Å²) in [4.78, 5) is 13.1. The van der Waals surface area contributed by atoms with Crippen molar-refractivity contribution in [3.05, 3.63) is 35.7 Å². The van der Waals surface area contributed by atoms with Gasteiger partial charge in [-0.3, -0.25) is 0 Å². The maximum absolute atomic E-state index is 4.51. The van der Waals surface area contributed by atoms with E-state index in [1.807, 2.05) is 26.1 Å². The summed E-state index contributed by atoms with van der Waals surface area (Å²) in [5.41, 5.74) is 2.01. The van der Waals surface area contributed by atoms with E-state index in [-0.39, 0.29) is 0 Å². The lowest BCUT2D eigenvalue weighted by Gasteiger charge is -2.11. The minimum absolute atomic E-state index is 0.590. The third-order valence-corrected chi connectivity index (χ3v) is 2.73. The van der Waals surface area contributed by atoms with E-state index < -0.39 is 0 Å². The fraction of sp³-hybridized carbons (Fsp3) is 0.500. The maximum Gasteiger partial charge on any atom is 0.203 e. The highest BCUT2D eigenvalue weighted by Crippen LogP contribution is 2.11. The minimum atomic E-state index is 0.590. The maximum atomic E-state index is 4.51. The van der Waals surface area contributed by atoms with E-state index >= 15 is 0 Å². The van der Waals surface area contributed by atoms with Gasteiger partial charge in [0.1, 0.15) is 5.82 Å². The monoisotopic (exact) mass is 259 g/mol. The van der Waals surface area contributed by atoms with Gasteiger partial charge in [-0.05, 0) is 25.8 Å². The van der Waals surface area contributed by atoms with Crippen LogP contribution < -0.4 is 5.32 Å². The van der Waals surface area contributed by atoms with E-state index in [1.54, 1.807) is 6.20 Å². The Balaban J connectivity index is 2.15. The van der Waals surface area contributed by atoms with Gasteiger partial charge in [0.2, 0.25) is 5.95 Å². The van der Waals surface area contributed by atoms with Crippen LogP contribution in [0.25, 0.3) is 0 Å². The summed E-state index contributed by atoms with van der Waals surface area (Å²) in [6, 6.07) is 1.94. The Morgan fingerprint density at radius 1 is 1.26 bits per heavy atom. The van der Waals surface area contributed by atoms with Crippen LogP contribution in [0, 0.1) is 19.8 Å². The molecule has 2 aromatic heterocycles. The average molecular weight is 259 g/mol. The van der Waals surface area contributed by atoms with Gasteiger partial charge in [0.25, 0.3) is 0 Å². The molecule has 5 heteroatoms. The summed E-state index contributed by atoms with van der Waals surface area (Å²) < 4.78 is 2.10. The van der Waals surface area contributed by atoms with Gasteiger partial charge in [0, 0.05) is 18.9 Å². The quantitative estimate of drug-likeness (QED) is 0.896. The molecule has 0 aliphatic carbocycles. The lowest BCUT2D eigenvalue weighted by Crippen LogP contribution is -2.13. The van der Waals surface area contributed by atoms with E-state index in [2.05, 4.69) is 38.7 Å². The van der Waals surface area contributed by atoms with Crippen LogP contribution in [0.5, 0.6) is 0 Å². The molecule has 0 aromatic carbocycles. The highest BCUT2D eigenvalue weighted by Gasteiger charge is 2.07. The van der Waals surface area contributed by atoms with Crippen molar-refractivity contribution in [3.8, 4) is 0 Å². The SMILES string of the molecule is Cc1cn(Cc2ccnc(C)n2)c(NCC(C)C)n1. The molecular formula is C14H21N5. The number of hydrogen-bond donors (Lipinski definition) is 1. The Morgan fingerprint density at radius 3 is 2.74 bits per heavy atom. The Bertz CT molecular complexity index is 545. The Hall–Kier alpha value is -1.91. The molecule has 0 fully saturated rings. The first kappa shape index (κ1) is 13.5. The normalized spacial score (nSPS) is 11.0. The average Bonchev–Trinajstić information content (AvgIpc) is 2.67. The molecule has 0 amide bonds. The molecule has 0 unspecified atom stereocenters. The second kappa shape index (κ2) is 5.82. The summed E-state index contributed by atoms with van der Waals surface area (Å²) in [5, 5.41) is 3.38. The van der Waals surface area contributed by atoms with Gasteiger partial charge < -0.3 is 9.88 Å². The molecule has 0 saturated carbocycles. The van der Waals surface area contributed by atoms with E-state index in [4.69, 9.17) is 0 Å². The van der Waals surface area contributed by atoms with Gasteiger partial charge in [0.15, 0.2) is 0 Å². The summed E-state index contributed by atoms with van der Waals surface area (Å²) >= 11 is 0. The van der Waals surface area contributed by atoms with Crippen molar-refractivity contribution in [2.24, 2.45) is 5.92 Å². The zero-order valence-corrected chi connectivity index (χ0v) is 12.0. The number of aromatic nitrogens is 4. The van der Waals surface area contributed by atoms with Crippen molar-refractivity contribution in [1.82, 2.24) is 19.5 Å². The van der Waals surface area contributed by atoms with Crippen molar-refractivity contribution in [2.75, 3.05) is 11.9 Å². The molecule has 102 valence electrons. The molecular weight excluding hydrogens is 238 g/mol. The zero-order chi connectivity index (χ0) is 13.8. The van der Waals surface area contributed by atoms with Crippen LogP contribution in [0.3, 0.4) is 0 Å². The number of nitrogens with one attached hydrogen (secondary N) is 1. The van der Waals surface area contributed by atoms with Crippen molar-refractivity contribution >= 4 is 5.95 Å². The second-order valence-corrected chi connectivity index (χ2v) is 5.20. The molecule has 19 heavy (non-hydrogen) atoms. The smallest absolute Gasteiger partial charge is 0.203 e. The van der Waals surface area contributed by atoms with Crippen LogP contribution in [0.15, 0.2) is 18.5 Å². The lowest BCUT2D eigenvalue weighted by molar-refractivity contribution is 0.674. The first-order valence-corrected chi connectivity index (χ1v) is 6.61. The predicted molar refractivity (Wildman–Crippen MR) is 76.2 cm³/mol. The molecule has 0 saturated heterocycles. The Labute approximate surface area is 114 Å². The Kier molecular flexibility index (Phi) is 4.14. The molecule has 0 spiro atoms. The van der Waals surface area contributed by atoms with E-state index in [9.17, 15) is 0 Å². The second-order valence-electron chi connectivity index (χ2n) is 5.20. The molecule has 2 rings (SSSR count). The summed E-state index contributed by atoms with van der Waals surface area (Å²) in [7, 11) is 0. The van der Waals surface area contributed by atoms with E-state index in [0.717, 1.165) is 29.7 Å². The highest BCUT2D eigenvalue weighted by atomic mass is 15.2. The molecule has 0 bridgehead atoms. The standard InChI is InChI=1S/C14H21N5/c1-10(2)7-16-14-17-11(3)8-19(14)9-13-5-6-15-12(4)18-13/h5-6,8,10H,7,9H2,1-4H3,(H,16,17). The highest BCUT2D eigenvalue weighted by molar-refractivity contribution is 5.29. The van der Waals surface area contributed by atoms with Crippen molar-refractivity contribution in [1.29, 1.82) is 0 Å². The summed E-state index contributed by atoms with van der Waals surface area (Å²) in [6.45, 7) is 9.90. The minimum Gasteiger partial charge on any atom is -0.355 e. The molecule has 0 atom stereocenters. The van der Waals surface area contributed by atoms with E-state index in [1.165, 1.54) is 0 Å². The fourth-order valence-corrected chi connectivity index (χ4v) is 1.87. The van der Waals surface area contributed by atoms with Gasteiger partial charge in [-0.15, -0.1) is 0 Å². The van der Waals surface area contributed by atoms with Crippen molar-refractivity contribution in [3.63, 3.8) is 0 Å². The first-order valence-electron chi connectivity index (χ1n) is 6.61. The van der Waals surface area contributed by atoms with Crippen LogP contribution >= 0.6 is 0 Å². The van der Waals surface area contributed by atoms with Crippen LogP contribution in [0.4, 0.5) is 5.95 Å². The molecule has 0 radical (unpaired) electrons. The molecule has 2 heterocycles. The van der Waals surface area contributed by atoms with Crippen LogP contribution in [-0.2, 0) is 6.54 Å². The van der Waals surface area contributed by atoms with Crippen molar-refractivity contribution < 1.29 is 0 Å². The van der Waals surface area contributed by atoms with Gasteiger partial charge in [-0.25, -0.2) is 15.0 Å². The van der Waals surface area contributed by atoms with Crippen LogP contribution in [0.2, 0.25) is 0 Å².